The van der Waals surface area contributed by atoms with Crippen LogP contribution in [-0.4, -0.2) is 29.1 Å². The lowest BCUT2D eigenvalue weighted by Gasteiger charge is -2.41. The highest BCUT2D eigenvalue weighted by Crippen LogP contribution is 2.40. The summed E-state index contributed by atoms with van der Waals surface area (Å²) in [6.07, 6.45) is -2.55. The Morgan fingerprint density at radius 3 is 2.66 bits per heavy atom. The van der Waals surface area contributed by atoms with Crippen LogP contribution in [0.4, 0.5) is 13.2 Å². The zero-order valence-electron chi connectivity index (χ0n) is 16.0. The molecule has 1 unspecified atom stereocenters. The molecule has 4 rings (SSSR count). The summed E-state index contributed by atoms with van der Waals surface area (Å²) in [5, 5.41) is 9.05. The summed E-state index contributed by atoms with van der Waals surface area (Å²) in [7, 11) is 0. The Hall–Kier alpha value is -2.54. The van der Waals surface area contributed by atoms with Crippen LogP contribution in [0.5, 0.6) is 5.75 Å². The number of carboxylic acid groups (broad SMARTS) is 1. The highest BCUT2D eigenvalue weighted by molar-refractivity contribution is 5.71. The molecule has 1 atom stereocenters. The number of aryl methyl sites for hydroxylation is 2. The highest BCUT2D eigenvalue weighted by atomic mass is 19.4. The zero-order valence-corrected chi connectivity index (χ0v) is 16.0. The van der Waals surface area contributed by atoms with Crippen molar-refractivity contribution in [3.05, 3.63) is 64.2 Å². The number of likely N-dealkylation sites (tertiary alicyclic amines) is 1. The first kappa shape index (κ1) is 19.8. The van der Waals surface area contributed by atoms with Gasteiger partial charge in [-0.25, -0.2) is 0 Å². The number of carboxylic acids is 1. The maximum Gasteiger partial charge on any atom is 0.416 e. The monoisotopic (exact) mass is 405 g/mol. The largest absolute Gasteiger partial charge is 0.489 e. The summed E-state index contributed by atoms with van der Waals surface area (Å²) in [4.78, 5) is 13.2. The molecule has 1 fully saturated rings. The molecular formula is C22H22F3NO3. The molecule has 0 radical (unpaired) electrons. The maximum absolute atomic E-state index is 13.1. The highest BCUT2D eigenvalue weighted by Gasteiger charge is 2.39. The van der Waals surface area contributed by atoms with E-state index >= 15 is 0 Å². The van der Waals surface area contributed by atoms with Crippen molar-refractivity contribution in [2.45, 2.75) is 38.6 Å². The van der Waals surface area contributed by atoms with E-state index in [0.717, 1.165) is 24.5 Å². The maximum atomic E-state index is 13.1. The third-order valence-corrected chi connectivity index (χ3v) is 5.87. The van der Waals surface area contributed by atoms with Crippen molar-refractivity contribution in [2.75, 3.05) is 13.1 Å². The molecule has 2 aliphatic rings. The zero-order chi connectivity index (χ0) is 20.8. The Bertz CT molecular complexity index is 935. The number of hydrogen-bond acceptors (Lipinski definition) is 3. The van der Waals surface area contributed by atoms with E-state index in [4.69, 9.17) is 9.84 Å². The third kappa shape index (κ3) is 3.96. The molecule has 29 heavy (non-hydrogen) atoms. The fourth-order valence-electron chi connectivity index (χ4n) is 4.19. The number of aliphatic carboxylic acids is 1. The number of halogens is 3. The summed E-state index contributed by atoms with van der Waals surface area (Å²) < 4.78 is 45.0. The van der Waals surface area contributed by atoms with Gasteiger partial charge in [-0.3, -0.25) is 9.69 Å². The Balaban J connectivity index is 1.41. The number of benzene rings is 2. The average molecular weight is 405 g/mol. The van der Waals surface area contributed by atoms with Crippen LogP contribution in [0, 0.1) is 12.8 Å². The molecule has 1 N–H and O–H groups in total. The number of hydrogen-bond donors (Lipinski definition) is 1. The van der Waals surface area contributed by atoms with Crippen LogP contribution in [0.3, 0.4) is 0 Å². The van der Waals surface area contributed by atoms with Gasteiger partial charge >= 0.3 is 12.1 Å². The quantitative estimate of drug-likeness (QED) is 0.790. The first-order valence-corrected chi connectivity index (χ1v) is 9.61. The Morgan fingerprint density at radius 1 is 1.21 bits per heavy atom. The van der Waals surface area contributed by atoms with Crippen LogP contribution in [-0.2, 0) is 24.0 Å². The van der Waals surface area contributed by atoms with Crippen molar-refractivity contribution in [3.63, 3.8) is 0 Å². The van der Waals surface area contributed by atoms with Gasteiger partial charge in [0.1, 0.15) is 12.4 Å². The molecule has 0 spiro atoms. The SMILES string of the molecule is Cc1ccc(COc2ccc3c(c2)CCC3N2CC(C(=O)O)C2)cc1C(F)(F)F. The van der Waals surface area contributed by atoms with Gasteiger partial charge in [-0.1, -0.05) is 18.2 Å². The van der Waals surface area contributed by atoms with Gasteiger partial charge in [0.25, 0.3) is 0 Å². The second kappa shape index (κ2) is 7.37. The van der Waals surface area contributed by atoms with E-state index < -0.39 is 17.7 Å². The molecule has 2 aromatic rings. The molecule has 1 aliphatic heterocycles. The van der Waals surface area contributed by atoms with Crippen LogP contribution in [0.25, 0.3) is 0 Å². The van der Waals surface area contributed by atoms with Gasteiger partial charge in [-0.2, -0.15) is 13.2 Å². The predicted molar refractivity (Wildman–Crippen MR) is 101 cm³/mol. The number of rotatable bonds is 5. The van der Waals surface area contributed by atoms with Crippen molar-refractivity contribution in [2.24, 2.45) is 5.92 Å². The van der Waals surface area contributed by atoms with E-state index in [-0.39, 0.29) is 24.1 Å². The lowest BCUT2D eigenvalue weighted by atomic mass is 9.95. The minimum Gasteiger partial charge on any atom is -0.489 e. The van der Waals surface area contributed by atoms with Gasteiger partial charge in [0.2, 0.25) is 0 Å². The molecule has 0 aromatic heterocycles. The van der Waals surface area contributed by atoms with Gasteiger partial charge in [0, 0.05) is 19.1 Å². The van der Waals surface area contributed by atoms with Gasteiger partial charge in [-0.15, -0.1) is 0 Å². The van der Waals surface area contributed by atoms with Crippen molar-refractivity contribution in [3.8, 4) is 5.75 Å². The van der Waals surface area contributed by atoms with Crippen LogP contribution >= 0.6 is 0 Å². The van der Waals surface area contributed by atoms with Crippen LogP contribution in [0.1, 0.15) is 40.3 Å². The van der Waals surface area contributed by atoms with Crippen LogP contribution in [0.15, 0.2) is 36.4 Å². The van der Waals surface area contributed by atoms with Crippen molar-refractivity contribution in [1.29, 1.82) is 0 Å². The lowest BCUT2D eigenvalue weighted by molar-refractivity contribution is -0.148. The molecule has 1 aliphatic carbocycles. The smallest absolute Gasteiger partial charge is 0.416 e. The summed E-state index contributed by atoms with van der Waals surface area (Å²) in [5.74, 6) is -0.392. The number of ether oxygens (including phenoxy) is 1. The lowest BCUT2D eigenvalue weighted by Crippen LogP contribution is -2.51. The number of alkyl halides is 3. The molecule has 0 saturated carbocycles. The minimum atomic E-state index is -4.38. The van der Waals surface area contributed by atoms with Gasteiger partial charge in [0.15, 0.2) is 0 Å². The fourth-order valence-corrected chi connectivity index (χ4v) is 4.19. The first-order valence-electron chi connectivity index (χ1n) is 9.61. The fraction of sp³-hybridized carbons (Fsp3) is 0.409. The number of fused-ring (bicyclic) bond motifs is 1. The van der Waals surface area contributed by atoms with E-state index in [1.165, 1.54) is 18.6 Å². The molecule has 4 nitrogen and oxygen atoms in total. The Kier molecular flexibility index (Phi) is 5.02. The topological polar surface area (TPSA) is 49.8 Å². The third-order valence-electron chi connectivity index (χ3n) is 5.87. The molecule has 154 valence electrons. The van der Waals surface area contributed by atoms with E-state index in [0.29, 0.717) is 24.4 Å². The standard InChI is InChI=1S/C22H22F3NO3/c1-13-2-3-14(8-19(13)22(23,24)25)12-29-17-5-6-18-15(9-17)4-7-20(18)26-10-16(11-26)21(27)28/h2-3,5-6,8-9,16,20H,4,7,10-12H2,1H3,(H,27,28). The summed E-state index contributed by atoms with van der Waals surface area (Å²) >= 11 is 0. The summed E-state index contributed by atoms with van der Waals surface area (Å²) in [5.41, 5.74) is 2.38. The Morgan fingerprint density at radius 2 is 1.97 bits per heavy atom. The van der Waals surface area contributed by atoms with E-state index in [9.17, 15) is 18.0 Å². The van der Waals surface area contributed by atoms with Crippen LogP contribution in [0.2, 0.25) is 0 Å². The van der Waals surface area contributed by atoms with Crippen molar-refractivity contribution >= 4 is 5.97 Å². The first-order chi connectivity index (χ1) is 13.7. The molecule has 1 saturated heterocycles. The molecule has 0 bridgehead atoms. The van der Waals surface area contributed by atoms with Gasteiger partial charge < -0.3 is 9.84 Å². The second-order valence-electron chi connectivity index (χ2n) is 7.84. The normalized spacial score (nSPS) is 19.7. The van der Waals surface area contributed by atoms with Crippen molar-refractivity contribution < 1.29 is 27.8 Å². The van der Waals surface area contributed by atoms with Gasteiger partial charge in [-0.05, 0) is 60.2 Å². The predicted octanol–water partition coefficient (Wildman–Crippen LogP) is 4.60. The molecular weight excluding hydrogens is 383 g/mol. The molecule has 7 heteroatoms. The van der Waals surface area contributed by atoms with Crippen molar-refractivity contribution in [1.82, 2.24) is 4.90 Å². The van der Waals surface area contributed by atoms with E-state index in [1.807, 2.05) is 18.2 Å². The molecule has 2 aromatic carbocycles. The van der Waals surface area contributed by atoms with E-state index in [1.54, 1.807) is 6.07 Å². The number of carbonyl (C=O) groups is 1. The second-order valence-corrected chi connectivity index (χ2v) is 7.84. The summed E-state index contributed by atoms with van der Waals surface area (Å²) in [6.45, 7) is 2.67. The Labute approximate surface area is 166 Å². The minimum absolute atomic E-state index is 0.0675. The average Bonchev–Trinajstić information content (AvgIpc) is 3.01. The van der Waals surface area contributed by atoms with E-state index in [2.05, 4.69) is 4.90 Å². The summed E-state index contributed by atoms with van der Waals surface area (Å²) in [6, 6.07) is 10.3. The van der Waals surface area contributed by atoms with Gasteiger partial charge in [0.05, 0.1) is 11.5 Å². The molecule has 1 heterocycles. The molecule has 0 amide bonds. The number of nitrogens with zero attached hydrogens (tertiary/aromatic N) is 1. The van der Waals surface area contributed by atoms with Crippen LogP contribution < -0.4 is 4.74 Å².